The summed E-state index contributed by atoms with van der Waals surface area (Å²) in [6, 6.07) is 0. The van der Waals surface area contributed by atoms with Crippen LogP contribution < -0.4 is 5.32 Å². The van der Waals surface area contributed by atoms with Gasteiger partial charge in [0, 0.05) is 6.08 Å². The van der Waals surface area contributed by atoms with E-state index in [0.29, 0.717) is 12.2 Å². The molecule has 1 aliphatic heterocycles. The van der Waals surface area contributed by atoms with Crippen LogP contribution in [-0.4, -0.2) is 24.3 Å². The molecule has 0 saturated carbocycles. The Kier molecular flexibility index (Phi) is 1.52. The molecule has 1 fully saturated rings. The number of carbonyl (C=O) groups excluding carboxylic acids is 2. The lowest BCUT2D eigenvalue weighted by atomic mass is 9.81. The van der Waals surface area contributed by atoms with Crippen molar-refractivity contribution in [2.45, 2.75) is 12.0 Å². The maximum atomic E-state index is 11.0. The minimum Gasteiger partial charge on any atom is -0.498 e. The van der Waals surface area contributed by atoms with Crippen LogP contribution in [-0.2, 0) is 14.3 Å². The van der Waals surface area contributed by atoms with Gasteiger partial charge in [-0.3, -0.25) is 9.59 Å². The van der Waals surface area contributed by atoms with Gasteiger partial charge in [0.15, 0.2) is 5.78 Å². The van der Waals surface area contributed by atoms with Gasteiger partial charge in [0.1, 0.15) is 11.3 Å². The molecular formula is C9H9NO3. The van der Waals surface area contributed by atoms with Crippen LogP contribution in [0.15, 0.2) is 24.0 Å². The Morgan fingerprint density at radius 3 is 2.77 bits per heavy atom. The first-order valence-electron chi connectivity index (χ1n) is 3.97. The Morgan fingerprint density at radius 1 is 1.54 bits per heavy atom. The number of ketones is 1. The van der Waals surface area contributed by atoms with Gasteiger partial charge in [-0.25, -0.2) is 0 Å². The molecule has 2 rings (SSSR count). The van der Waals surface area contributed by atoms with Crippen molar-refractivity contribution in [3.8, 4) is 0 Å². The number of methoxy groups -OCH3 is 1. The molecule has 1 spiro atoms. The number of hydrogen-bond acceptors (Lipinski definition) is 3. The number of ether oxygens (including phenoxy) is 1. The van der Waals surface area contributed by atoms with Gasteiger partial charge < -0.3 is 10.1 Å². The third-order valence-electron chi connectivity index (χ3n) is 2.27. The van der Waals surface area contributed by atoms with E-state index < -0.39 is 5.54 Å². The first kappa shape index (κ1) is 8.04. The zero-order valence-electron chi connectivity index (χ0n) is 7.16. The molecule has 0 aromatic rings. The maximum Gasteiger partial charge on any atom is 0.224 e. The van der Waals surface area contributed by atoms with E-state index in [2.05, 4.69) is 5.32 Å². The normalized spacial score (nSPS) is 31.0. The monoisotopic (exact) mass is 179 g/mol. The summed E-state index contributed by atoms with van der Waals surface area (Å²) in [5.41, 5.74) is -0.542. The van der Waals surface area contributed by atoms with Gasteiger partial charge >= 0.3 is 0 Å². The second-order valence-corrected chi connectivity index (χ2v) is 3.14. The van der Waals surface area contributed by atoms with Crippen molar-refractivity contribution in [1.82, 2.24) is 5.32 Å². The van der Waals surface area contributed by atoms with Crippen LogP contribution in [0.5, 0.6) is 0 Å². The maximum absolute atomic E-state index is 11.0. The molecular weight excluding hydrogens is 170 g/mol. The molecule has 1 N–H and O–H groups in total. The lowest BCUT2D eigenvalue weighted by Gasteiger charge is -2.41. The molecule has 2 aliphatic rings. The Morgan fingerprint density at radius 2 is 2.23 bits per heavy atom. The van der Waals surface area contributed by atoms with Gasteiger partial charge in [-0.2, -0.15) is 0 Å². The average Bonchev–Trinajstić information content (AvgIpc) is 2.06. The van der Waals surface area contributed by atoms with E-state index in [9.17, 15) is 9.59 Å². The molecule has 1 atom stereocenters. The zero-order chi connectivity index (χ0) is 9.47. The minimum atomic E-state index is -0.542. The van der Waals surface area contributed by atoms with E-state index in [0.717, 1.165) is 0 Å². The average molecular weight is 179 g/mol. The smallest absolute Gasteiger partial charge is 0.224 e. The SMILES string of the molecule is COC1=CC(=O)C=CC12CC(=O)N2. The summed E-state index contributed by atoms with van der Waals surface area (Å²) >= 11 is 0. The molecule has 0 aromatic carbocycles. The number of rotatable bonds is 1. The van der Waals surface area contributed by atoms with Crippen LogP contribution in [0.1, 0.15) is 6.42 Å². The second kappa shape index (κ2) is 2.45. The predicted molar refractivity (Wildman–Crippen MR) is 44.7 cm³/mol. The minimum absolute atomic E-state index is 0.0260. The Labute approximate surface area is 75.3 Å². The van der Waals surface area contributed by atoms with Crippen molar-refractivity contribution in [3.63, 3.8) is 0 Å². The van der Waals surface area contributed by atoms with Crippen molar-refractivity contribution in [1.29, 1.82) is 0 Å². The lowest BCUT2D eigenvalue weighted by molar-refractivity contribution is -0.131. The molecule has 1 amide bonds. The summed E-state index contributed by atoms with van der Waals surface area (Å²) in [4.78, 5) is 21.8. The standard InChI is InChI=1S/C9H9NO3/c1-13-7-4-6(11)2-3-9(7)5-8(12)10-9/h2-4H,5H2,1H3,(H,10,12). The van der Waals surface area contributed by atoms with Crippen molar-refractivity contribution >= 4 is 11.7 Å². The van der Waals surface area contributed by atoms with Gasteiger partial charge in [-0.1, -0.05) is 0 Å². The fourth-order valence-corrected chi connectivity index (χ4v) is 1.59. The van der Waals surface area contributed by atoms with Gasteiger partial charge in [0.25, 0.3) is 0 Å². The van der Waals surface area contributed by atoms with Crippen LogP contribution >= 0.6 is 0 Å². The highest BCUT2D eigenvalue weighted by atomic mass is 16.5. The zero-order valence-corrected chi connectivity index (χ0v) is 7.16. The van der Waals surface area contributed by atoms with E-state index in [1.165, 1.54) is 19.3 Å². The fourth-order valence-electron chi connectivity index (χ4n) is 1.59. The van der Waals surface area contributed by atoms with Gasteiger partial charge in [0.2, 0.25) is 5.91 Å². The van der Waals surface area contributed by atoms with E-state index in [1.807, 2.05) is 0 Å². The van der Waals surface area contributed by atoms with E-state index in [4.69, 9.17) is 4.74 Å². The molecule has 1 aliphatic carbocycles. The summed E-state index contributed by atoms with van der Waals surface area (Å²) in [6.45, 7) is 0. The van der Waals surface area contributed by atoms with E-state index in [1.54, 1.807) is 6.08 Å². The van der Waals surface area contributed by atoms with Crippen LogP contribution in [0.3, 0.4) is 0 Å². The summed E-state index contributed by atoms with van der Waals surface area (Å²) in [5.74, 6) is 0.380. The number of β-lactam (4-membered cyclic amide) rings is 1. The first-order valence-corrected chi connectivity index (χ1v) is 3.97. The molecule has 13 heavy (non-hydrogen) atoms. The topological polar surface area (TPSA) is 55.4 Å². The van der Waals surface area contributed by atoms with E-state index >= 15 is 0 Å². The molecule has 1 unspecified atom stereocenters. The summed E-state index contributed by atoms with van der Waals surface area (Å²) in [6.07, 6.45) is 4.88. The summed E-state index contributed by atoms with van der Waals surface area (Å²) in [7, 11) is 1.49. The fraction of sp³-hybridized carbons (Fsp3) is 0.333. The van der Waals surface area contributed by atoms with Crippen LogP contribution in [0.2, 0.25) is 0 Å². The van der Waals surface area contributed by atoms with Gasteiger partial charge in [-0.15, -0.1) is 0 Å². The largest absolute Gasteiger partial charge is 0.498 e. The highest BCUT2D eigenvalue weighted by molar-refractivity contribution is 6.03. The first-order chi connectivity index (χ1) is 6.16. The molecule has 1 saturated heterocycles. The highest BCUT2D eigenvalue weighted by Gasteiger charge is 2.46. The summed E-state index contributed by atoms with van der Waals surface area (Å²) < 4.78 is 5.04. The number of nitrogens with one attached hydrogen (secondary N) is 1. The van der Waals surface area contributed by atoms with Crippen molar-refractivity contribution < 1.29 is 14.3 Å². The quantitative estimate of drug-likeness (QED) is 0.572. The number of amides is 1. The highest BCUT2D eigenvalue weighted by Crippen LogP contribution is 2.32. The number of allylic oxidation sites excluding steroid dienone is 2. The molecule has 68 valence electrons. The van der Waals surface area contributed by atoms with E-state index in [-0.39, 0.29) is 11.7 Å². The van der Waals surface area contributed by atoms with Crippen molar-refractivity contribution in [2.75, 3.05) is 7.11 Å². The van der Waals surface area contributed by atoms with Gasteiger partial charge in [0.05, 0.1) is 13.5 Å². The Hall–Kier alpha value is -1.58. The van der Waals surface area contributed by atoms with Crippen LogP contribution in [0.4, 0.5) is 0 Å². The molecule has 4 nitrogen and oxygen atoms in total. The van der Waals surface area contributed by atoms with Crippen LogP contribution in [0.25, 0.3) is 0 Å². The summed E-state index contributed by atoms with van der Waals surface area (Å²) in [5, 5.41) is 2.71. The molecule has 0 radical (unpaired) electrons. The molecule has 4 heteroatoms. The third kappa shape index (κ3) is 1.06. The van der Waals surface area contributed by atoms with Crippen LogP contribution in [0, 0.1) is 0 Å². The van der Waals surface area contributed by atoms with Crippen molar-refractivity contribution in [2.24, 2.45) is 0 Å². The molecule has 1 heterocycles. The van der Waals surface area contributed by atoms with Crippen molar-refractivity contribution in [3.05, 3.63) is 24.0 Å². The Balaban J connectivity index is 2.30. The predicted octanol–water partition coefficient (Wildman–Crippen LogP) is -0.0857. The molecule has 0 aromatic heterocycles. The Bertz CT molecular complexity index is 333. The van der Waals surface area contributed by atoms with Gasteiger partial charge in [-0.05, 0) is 12.2 Å². The molecule has 0 bridgehead atoms. The second-order valence-electron chi connectivity index (χ2n) is 3.14. The number of carbonyl (C=O) groups is 2. The lowest BCUT2D eigenvalue weighted by Crippen LogP contribution is -2.61. The number of hydrogen-bond donors (Lipinski definition) is 1. The third-order valence-corrected chi connectivity index (χ3v) is 2.27.